The quantitative estimate of drug-likeness (QED) is 0.899. The number of nitrogens with zero attached hydrogens (tertiary/aromatic N) is 2. The number of nitrogens with one attached hydrogen (secondary N) is 1. The summed E-state index contributed by atoms with van der Waals surface area (Å²) in [5, 5.41) is 8.18. The molecule has 0 amide bonds. The SMILES string of the molecule is CNCC1(Cc2ccn(C3CCCCC3)n2)CCOC1. The third-order valence-corrected chi connectivity index (χ3v) is 4.91. The highest BCUT2D eigenvalue weighted by Crippen LogP contribution is 2.32. The van der Waals surface area contributed by atoms with Crippen molar-refractivity contribution >= 4 is 0 Å². The molecule has 2 fully saturated rings. The van der Waals surface area contributed by atoms with Crippen molar-refractivity contribution in [1.29, 1.82) is 0 Å². The number of hydrogen-bond acceptors (Lipinski definition) is 3. The van der Waals surface area contributed by atoms with Crippen LogP contribution in [0.2, 0.25) is 0 Å². The van der Waals surface area contributed by atoms with Crippen LogP contribution in [0.4, 0.5) is 0 Å². The average molecular weight is 277 g/mol. The first-order valence-corrected chi connectivity index (χ1v) is 8.08. The van der Waals surface area contributed by atoms with Crippen LogP contribution in [0.1, 0.15) is 50.3 Å². The lowest BCUT2D eigenvalue weighted by atomic mass is 9.82. The summed E-state index contributed by atoms with van der Waals surface area (Å²) in [7, 11) is 2.03. The molecule has 4 heteroatoms. The van der Waals surface area contributed by atoms with Gasteiger partial charge in [0.2, 0.25) is 0 Å². The summed E-state index contributed by atoms with van der Waals surface area (Å²) in [6, 6.07) is 2.85. The van der Waals surface area contributed by atoms with Crippen molar-refractivity contribution in [2.24, 2.45) is 5.41 Å². The zero-order valence-electron chi connectivity index (χ0n) is 12.6. The molecule has 3 rings (SSSR count). The lowest BCUT2D eigenvalue weighted by Crippen LogP contribution is -2.35. The molecule has 1 atom stereocenters. The molecule has 0 spiro atoms. The Kier molecular flexibility index (Phi) is 4.41. The van der Waals surface area contributed by atoms with Gasteiger partial charge in [0.25, 0.3) is 0 Å². The van der Waals surface area contributed by atoms with Crippen molar-refractivity contribution in [3.05, 3.63) is 18.0 Å². The third kappa shape index (κ3) is 3.07. The Morgan fingerprint density at radius 3 is 2.95 bits per heavy atom. The third-order valence-electron chi connectivity index (χ3n) is 4.91. The van der Waals surface area contributed by atoms with E-state index >= 15 is 0 Å². The van der Waals surface area contributed by atoms with Crippen LogP contribution in [0.25, 0.3) is 0 Å². The molecule has 0 bridgehead atoms. The van der Waals surface area contributed by atoms with Crippen LogP contribution in [-0.4, -0.2) is 36.6 Å². The van der Waals surface area contributed by atoms with Crippen molar-refractivity contribution in [2.45, 2.75) is 51.0 Å². The van der Waals surface area contributed by atoms with Crippen LogP contribution in [0.15, 0.2) is 12.3 Å². The molecule has 1 aliphatic carbocycles. The van der Waals surface area contributed by atoms with Crippen LogP contribution in [-0.2, 0) is 11.2 Å². The van der Waals surface area contributed by atoms with Gasteiger partial charge in [-0.25, -0.2) is 0 Å². The summed E-state index contributed by atoms with van der Waals surface area (Å²) in [6.45, 7) is 2.78. The maximum absolute atomic E-state index is 5.63. The highest BCUT2D eigenvalue weighted by Gasteiger charge is 2.35. The summed E-state index contributed by atoms with van der Waals surface area (Å²) in [5.74, 6) is 0. The average Bonchev–Trinajstić information content (AvgIpc) is 3.11. The molecule has 1 aromatic rings. The molecular weight excluding hydrogens is 250 g/mol. The van der Waals surface area contributed by atoms with Crippen LogP contribution in [0.3, 0.4) is 0 Å². The van der Waals surface area contributed by atoms with Crippen molar-refractivity contribution in [3.63, 3.8) is 0 Å². The van der Waals surface area contributed by atoms with Gasteiger partial charge in [0.1, 0.15) is 0 Å². The van der Waals surface area contributed by atoms with E-state index in [1.807, 2.05) is 7.05 Å². The largest absolute Gasteiger partial charge is 0.381 e. The molecule has 0 aromatic carbocycles. The normalized spacial score (nSPS) is 28.1. The van der Waals surface area contributed by atoms with Crippen molar-refractivity contribution in [1.82, 2.24) is 15.1 Å². The van der Waals surface area contributed by atoms with Crippen molar-refractivity contribution < 1.29 is 4.74 Å². The van der Waals surface area contributed by atoms with Crippen LogP contribution in [0, 0.1) is 5.41 Å². The van der Waals surface area contributed by atoms with E-state index in [2.05, 4.69) is 22.3 Å². The van der Waals surface area contributed by atoms with E-state index in [1.165, 1.54) is 37.8 Å². The topological polar surface area (TPSA) is 39.1 Å². The number of aromatic nitrogens is 2. The molecule has 112 valence electrons. The molecule has 0 radical (unpaired) electrons. The van der Waals surface area contributed by atoms with Gasteiger partial charge in [-0.1, -0.05) is 19.3 Å². The predicted octanol–water partition coefficient (Wildman–Crippen LogP) is 2.56. The number of hydrogen-bond donors (Lipinski definition) is 1. The minimum absolute atomic E-state index is 0.250. The van der Waals surface area contributed by atoms with Gasteiger partial charge in [-0.05, 0) is 32.4 Å². The lowest BCUT2D eigenvalue weighted by Gasteiger charge is -2.26. The van der Waals surface area contributed by atoms with Gasteiger partial charge in [0.15, 0.2) is 0 Å². The van der Waals surface area contributed by atoms with Gasteiger partial charge in [0, 0.05) is 31.2 Å². The fourth-order valence-electron chi connectivity index (χ4n) is 3.77. The Labute approximate surface area is 121 Å². The zero-order valence-corrected chi connectivity index (χ0v) is 12.6. The van der Waals surface area contributed by atoms with Crippen molar-refractivity contribution in [2.75, 3.05) is 26.8 Å². The molecule has 1 saturated heterocycles. The maximum atomic E-state index is 5.63. The van der Waals surface area contributed by atoms with Crippen LogP contribution in [0.5, 0.6) is 0 Å². The molecule has 4 nitrogen and oxygen atoms in total. The molecule has 1 N–H and O–H groups in total. The Hall–Kier alpha value is -0.870. The molecule has 1 unspecified atom stereocenters. The Balaban J connectivity index is 1.66. The van der Waals surface area contributed by atoms with Crippen molar-refractivity contribution in [3.8, 4) is 0 Å². The van der Waals surface area contributed by atoms with Gasteiger partial charge in [0.05, 0.1) is 18.3 Å². The first kappa shape index (κ1) is 14.1. The van der Waals surface area contributed by atoms with Gasteiger partial charge in [-0.2, -0.15) is 5.10 Å². The molecule has 1 aromatic heterocycles. The zero-order chi connectivity index (χ0) is 13.8. The lowest BCUT2D eigenvalue weighted by molar-refractivity contribution is 0.150. The van der Waals surface area contributed by atoms with Gasteiger partial charge >= 0.3 is 0 Å². The summed E-state index contributed by atoms with van der Waals surface area (Å²) in [6.07, 6.45) is 11.1. The fourth-order valence-corrected chi connectivity index (χ4v) is 3.77. The fraction of sp³-hybridized carbons (Fsp3) is 0.812. The van der Waals surface area contributed by atoms with Gasteiger partial charge < -0.3 is 10.1 Å². The second kappa shape index (κ2) is 6.27. The monoisotopic (exact) mass is 277 g/mol. The van der Waals surface area contributed by atoms with Crippen LogP contribution < -0.4 is 5.32 Å². The minimum Gasteiger partial charge on any atom is -0.381 e. The minimum atomic E-state index is 0.250. The maximum Gasteiger partial charge on any atom is 0.0631 e. The molecule has 2 heterocycles. The molecule has 20 heavy (non-hydrogen) atoms. The van der Waals surface area contributed by atoms with Gasteiger partial charge in [-0.15, -0.1) is 0 Å². The summed E-state index contributed by atoms with van der Waals surface area (Å²) >= 11 is 0. The molecule has 1 aliphatic heterocycles. The number of rotatable bonds is 5. The van der Waals surface area contributed by atoms with E-state index in [9.17, 15) is 0 Å². The smallest absolute Gasteiger partial charge is 0.0631 e. The first-order chi connectivity index (χ1) is 9.81. The molecule has 1 saturated carbocycles. The van der Waals surface area contributed by atoms with E-state index < -0.39 is 0 Å². The summed E-state index contributed by atoms with van der Waals surface area (Å²) in [4.78, 5) is 0. The van der Waals surface area contributed by atoms with E-state index in [0.29, 0.717) is 6.04 Å². The highest BCUT2D eigenvalue weighted by atomic mass is 16.5. The molecule has 2 aliphatic rings. The second-order valence-electron chi connectivity index (χ2n) is 6.59. The molecular formula is C16H27N3O. The Morgan fingerprint density at radius 2 is 2.25 bits per heavy atom. The van der Waals surface area contributed by atoms with E-state index in [0.717, 1.165) is 32.6 Å². The van der Waals surface area contributed by atoms with E-state index in [4.69, 9.17) is 9.84 Å². The second-order valence-corrected chi connectivity index (χ2v) is 6.59. The van der Waals surface area contributed by atoms with Crippen LogP contribution >= 0.6 is 0 Å². The Morgan fingerprint density at radius 1 is 1.40 bits per heavy atom. The summed E-state index contributed by atoms with van der Waals surface area (Å²) < 4.78 is 7.85. The number of ether oxygens (including phenoxy) is 1. The predicted molar refractivity (Wildman–Crippen MR) is 79.8 cm³/mol. The van der Waals surface area contributed by atoms with Gasteiger partial charge in [-0.3, -0.25) is 4.68 Å². The standard InChI is InChI=1S/C16H27N3O/c1-17-12-16(8-10-20-13-16)11-14-7-9-19(18-14)15-5-3-2-4-6-15/h7,9,15,17H,2-6,8,10-13H2,1H3. The van der Waals surface area contributed by atoms with E-state index in [-0.39, 0.29) is 5.41 Å². The van der Waals surface area contributed by atoms with E-state index in [1.54, 1.807) is 0 Å². The summed E-state index contributed by atoms with van der Waals surface area (Å²) in [5.41, 5.74) is 1.48. The first-order valence-electron chi connectivity index (χ1n) is 8.08. The Bertz CT molecular complexity index is 417. The highest BCUT2D eigenvalue weighted by molar-refractivity contribution is 5.06.